The van der Waals surface area contributed by atoms with Crippen molar-refractivity contribution < 1.29 is 0 Å². The van der Waals surface area contributed by atoms with Crippen LogP contribution in [0.5, 0.6) is 0 Å². The average molecular weight is 266 g/mol. The molecule has 1 fully saturated rings. The molecule has 3 heterocycles. The third kappa shape index (κ3) is 1.68. The highest BCUT2D eigenvalue weighted by molar-refractivity contribution is 6.07. The van der Waals surface area contributed by atoms with Crippen molar-refractivity contribution in [2.24, 2.45) is 0 Å². The van der Waals surface area contributed by atoms with Crippen LogP contribution in [0.3, 0.4) is 0 Å². The second kappa shape index (κ2) is 4.49. The Hall–Kier alpha value is -2.07. The molecule has 0 spiro atoms. The van der Waals surface area contributed by atoms with Crippen molar-refractivity contribution in [1.29, 1.82) is 0 Å². The van der Waals surface area contributed by atoms with Gasteiger partial charge in [0.2, 0.25) is 0 Å². The molecule has 102 valence electrons. The number of hydrogen-bond acceptors (Lipinski definition) is 3. The molecule has 1 aromatic carbocycles. The second-order valence-corrected chi connectivity index (χ2v) is 5.52. The van der Waals surface area contributed by atoms with E-state index < -0.39 is 0 Å². The largest absolute Gasteiger partial charge is 0.399 e. The number of nitrogens with one attached hydrogen (secondary N) is 1. The lowest BCUT2D eigenvalue weighted by atomic mass is 10.1. The predicted molar refractivity (Wildman–Crippen MR) is 82.8 cm³/mol. The first-order valence-electron chi connectivity index (χ1n) is 7.19. The summed E-state index contributed by atoms with van der Waals surface area (Å²) in [5.74, 6) is 0. The zero-order valence-electron chi connectivity index (χ0n) is 11.3. The fraction of sp³-hybridized carbons (Fsp3) is 0.312. The number of pyridine rings is 1. The molecule has 3 N–H and O–H groups in total. The van der Waals surface area contributed by atoms with Crippen molar-refractivity contribution in [3.8, 4) is 0 Å². The summed E-state index contributed by atoms with van der Waals surface area (Å²) in [5.41, 5.74) is 9.08. The molecular weight excluding hydrogens is 248 g/mol. The Morgan fingerprint density at radius 2 is 2.20 bits per heavy atom. The molecule has 1 aliphatic heterocycles. The van der Waals surface area contributed by atoms with E-state index in [1.165, 1.54) is 29.1 Å². The van der Waals surface area contributed by atoms with Crippen LogP contribution >= 0.6 is 0 Å². The highest BCUT2D eigenvalue weighted by Crippen LogP contribution is 2.33. The first kappa shape index (κ1) is 11.7. The molecule has 0 saturated carbocycles. The minimum atomic E-state index is 0.459. The maximum Gasteiger partial charge on any atom is 0.141 e. The Bertz CT molecular complexity index is 769. The first-order chi connectivity index (χ1) is 9.84. The average Bonchev–Trinajstić information content (AvgIpc) is 2.81. The Kier molecular flexibility index (Phi) is 2.63. The molecule has 4 rings (SSSR count). The third-order valence-electron chi connectivity index (χ3n) is 4.22. The van der Waals surface area contributed by atoms with Crippen LogP contribution in [0.15, 0.2) is 36.5 Å². The summed E-state index contributed by atoms with van der Waals surface area (Å²) in [4.78, 5) is 4.62. The van der Waals surface area contributed by atoms with Crippen molar-refractivity contribution in [2.75, 3.05) is 18.8 Å². The maximum absolute atomic E-state index is 5.99. The fourth-order valence-corrected chi connectivity index (χ4v) is 3.31. The Labute approximate surface area is 117 Å². The number of hydrogen-bond donors (Lipinski definition) is 2. The van der Waals surface area contributed by atoms with E-state index in [1.54, 1.807) is 0 Å². The van der Waals surface area contributed by atoms with Gasteiger partial charge in [0.1, 0.15) is 5.65 Å². The van der Waals surface area contributed by atoms with Crippen LogP contribution in [-0.2, 0) is 0 Å². The molecule has 1 atom stereocenters. The van der Waals surface area contributed by atoms with Crippen molar-refractivity contribution in [3.63, 3.8) is 0 Å². The molecule has 1 saturated heterocycles. The van der Waals surface area contributed by atoms with Gasteiger partial charge < -0.3 is 15.6 Å². The Balaban J connectivity index is 2.05. The van der Waals surface area contributed by atoms with Gasteiger partial charge in [0.15, 0.2) is 0 Å². The number of aromatic nitrogens is 2. The van der Waals surface area contributed by atoms with Gasteiger partial charge in [-0.1, -0.05) is 6.07 Å². The van der Waals surface area contributed by atoms with Gasteiger partial charge in [-0.25, -0.2) is 4.98 Å². The zero-order valence-corrected chi connectivity index (χ0v) is 11.3. The lowest BCUT2D eigenvalue weighted by Gasteiger charge is -2.25. The number of benzene rings is 1. The molecule has 0 radical (unpaired) electrons. The number of nitrogens with two attached hydrogens (primary N) is 1. The number of piperidine rings is 1. The van der Waals surface area contributed by atoms with Crippen LogP contribution in [0.1, 0.15) is 18.9 Å². The number of nitrogen functional groups attached to an aromatic ring is 1. The van der Waals surface area contributed by atoms with Gasteiger partial charge in [-0.3, -0.25) is 0 Å². The molecule has 0 aliphatic carbocycles. The van der Waals surface area contributed by atoms with E-state index in [1.807, 2.05) is 18.3 Å². The Morgan fingerprint density at radius 3 is 3.05 bits per heavy atom. The molecular formula is C16H18N4. The number of anilines is 1. The van der Waals surface area contributed by atoms with Gasteiger partial charge >= 0.3 is 0 Å². The topological polar surface area (TPSA) is 55.9 Å². The lowest BCUT2D eigenvalue weighted by molar-refractivity contribution is 0.384. The van der Waals surface area contributed by atoms with E-state index >= 15 is 0 Å². The summed E-state index contributed by atoms with van der Waals surface area (Å²) >= 11 is 0. The highest BCUT2D eigenvalue weighted by atomic mass is 15.1. The van der Waals surface area contributed by atoms with Gasteiger partial charge in [0.25, 0.3) is 0 Å². The SMILES string of the molecule is Nc1ccc2c3cccnc3n(C3CCCNC3)c2c1. The first-order valence-corrected chi connectivity index (χ1v) is 7.19. The standard InChI is InChI=1S/C16H18N4/c17-11-5-6-13-14-4-2-8-19-16(14)20(15(13)9-11)12-3-1-7-18-10-12/h2,4-6,8-9,12,18H,1,3,7,10,17H2. The van der Waals surface area contributed by atoms with Gasteiger partial charge in [-0.05, 0) is 43.7 Å². The number of nitrogens with zero attached hydrogens (tertiary/aromatic N) is 2. The zero-order chi connectivity index (χ0) is 13.5. The van der Waals surface area contributed by atoms with E-state index in [4.69, 9.17) is 5.73 Å². The van der Waals surface area contributed by atoms with Crippen LogP contribution < -0.4 is 11.1 Å². The molecule has 20 heavy (non-hydrogen) atoms. The molecule has 0 amide bonds. The third-order valence-corrected chi connectivity index (χ3v) is 4.22. The summed E-state index contributed by atoms with van der Waals surface area (Å²) in [6, 6.07) is 10.8. The van der Waals surface area contributed by atoms with Gasteiger partial charge in [-0.15, -0.1) is 0 Å². The molecule has 2 aromatic heterocycles. The smallest absolute Gasteiger partial charge is 0.141 e. The van der Waals surface area contributed by atoms with Crippen LogP contribution in [0.25, 0.3) is 21.9 Å². The van der Waals surface area contributed by atoms with E-state index in [9.17, 15) is 0 Å². The van der Waals surface area contributed by atoms with Crippen LogP contribution in [0.4, 0.5) is 5.69 Å². The maximum atomic E-state index is 5.99. The summed E-state index contributed by atoms with van der Waals surface area (Å²) < 4.78 is 2.37. The number of rotatable bonds is 1. The summed E-state index contributed by atoms with van der Waals surface area (Å²) in [7, 11) is 0. The van der Waals surface area contributed by atoms with Gasteiger partial charge in [0.05, 0.1) is 5.52 Å². The minimum absolute atomic E-state index is 0.459. The normalized spacial score (nSPS) is 19.7. The monoisotopic (exact) mass is 266 g/mol. The summed E-state index contributed by atoms with van der Waals surface area (Å²) in [6.45, 7) is 2.12. The van der Waals surface area contributed by atoms with Crippen molar-refractivity contribution in [3.05, 3.63) is 36.5 Å². The van der Waals surface area contributed by atoms with E-state index in [-0.39, 0.29) is 0 Å². The van der Waals surface area contributed by atoms with Gasteiger partial charge in [-0.2, -0.15) is 0 Å². The summed E-state index contributed by atoms with van der Waals surface area (Å²) in [5, 5.41) is 5.95. The molecule has 4 heteroatoms. The Morgan fingerprint density at radius 1 is 1.25 bits per heavy atom. The molecule has 4 nitrogen and oxygen atoms in total. The molecule has 1 unspecified atom stereocenters. The quantitative estimate of drug-likeness (QED) is 0.666. The predicted octanol–water partition coefficient (Wildman–Crippen LogP) is 2.70. The minimum Gasteiger partial charge on any atom is -0.399 e. The van der Waals surface area contributed by atoms with Crippen molar-refractivity contribution in [1.82, 2.24) is 14.9 Å². The fourth-order valence-electron chi connectivity index (χ4n) is 3.31. The molecule has 3 aromatic rings. The van der Waals surface area contributed by atoms with Crippen molar-refractivity contribution in [2.45, 2.75) is 18.9 Å². The number of fused-ring (bicyclic) bond motifs is 3. The van der Waals surface area contributed by atoms with Crippen molar-refractivity contribution >= 4 is 27.6 Å². The summed E-state index contributed by atoms with van der Waals surface area (Å²) in [6.07, 6.45) is 4.27. The molecule has 0 bridgehead atoms. The van der Waals surface area contributed by atoms with Gasteiger partial charge in [0, 0.05) is 35.2 Å². The second-order valence-electron chi connectivity index (χ2n) is 5.52. The highest BCUT2D eigenvalue weighted by Gasteiger charge is 2.20. The van der Waals surface area contributed by atoms with E-state index in [2.05, 4.69) is 33.1 Å². The van der Waals surface area contributed by atoms with Crippen LogP contribution in [0, 0.1) is 0 Å². The van der Waals surface area contributed by atoms with E-state index in [0.717, 1.165) is 24.4 Å². The van der Waals surface area contributed by atoms with E-state index in [0.29, 0.717) is 6.04 Å². The molecule has 1 aliphatic rings. The van der Waals surface area contributed by atoms with Crippen LogP contribution in [-0.4, -0.2) is 22.6 Å². The van der Waals surface area contributed by atoms with Crippen LogP contribution in [0.2, 0.25) is 0 Å². The lowest BCUT2D eigenvalue weighted by Crippen LogP contribution is -2.31.